The molecule has 2 aromatic rings. The first-order valence-electron chi connectivity index (χ1n) is 7.18. The monoisotopic (exact) mass is 303 g/mol. The van der Waals surface area contributed by atoms with E-state index >= 15 is 0 Å². The molecule has 21 heavy (non-hydrogen) atoms. The first-order chi connectivity index (χ1) is 9.95. The second-order valence-corrected chi connectivity index (χ2v) is 6.50. The minimum absolute atomic E-state index is 0.137. The van der Waals surface area contributed by atoms with E-state index in [2.05, 4.69) is 38.2 Å². The molecule has 0 radical (unpaired) electrons. The Labute approximate surface area is 132 Å². The third-order valence-electron chi connectivity index (χ3n) is 3.22. The summed E-state index contributed by atoms with van der Waals surface area (Å²) in [5.74, 6) is 0.912. The van der Waals surface area contributed by atoms with Crippen molar-refractivity contribution in [2.24, 2.45) is 0 Å². The van der Waals surface area contributed by atoms with Gasteiger partial charge in [-0.25, -0.2) is 0 Å². The fourth-order valence-electron chi connectivity index (χ4n) is 2.02. The summed E-state index contributed by atoms with van der Waals surface area (Å²) in [4.78, 5) is 0. The van der Waals surface area contributed by atoms with E-state index in [4.69, 9.17) is 16.3 Å². The van der Waals surface area contributed by atoms with Crippen molar-refractivity contribution in [2.75, 3.05) is 18.5 Å². The van der Waals surface area contributed by atoms with Crippen LogP contribution in [0, 0.1) is 0 Å². The summed E-state index contributed by atoms with van der Waals surface area (Å²) in [6.45, 7) is 7.95. The molecule has 0 unspecified atom stereocenters. The maximum absolute atomic E-state index is 5.94. The van der Waals surface area contributed by atoms with Gasteiger partial charge in [0.1, 0.15) is 12.4 Å². The molecule has 0 spiro atoms. The highest BCUT2D eigenvalue weighted by atomic mass is 35.5. The second-order valence-electron chi connectivity index (χ2n) is 6.06. The summed E-state index contributed by atoms with van der Waals surface area (Å²) < 4.78 is 5.80. The third kappa shape index (κ3) is 4.98. The van der Waals surface area contributed by atoms with Gasteiger partial charge in [0.25, 0.3) is 0 Å². The molecule has 0 aliphatic heterocycles. The molecule has 2 aromatic carbocycles. The van der Waals surface area contributed by atoms with Crippen molar-refractivity contribution in [3.63, 3.8) is 0 Å². The number of rotatable bonds is 5. The van der Waals surface area contributed by atoms with Crippen molar-refractivity contribution in [2.45, 2.75) is 26.2 Å². The maximum Gasteiger partial charge on any atom is 0.119 e. The Morgan fingerprint density at radius 1 is 1.05 bits per heavy atom. The van der Waals surface area contributed by atoms with E-state index in [1.54, 1.807) is 0 Å². The van der Waals surface area contributed by atoms with Crippen molar-refractivity contribution in [1.29, 1.82) is 0 Å². The number of hydrogen-bond donors (Lipinski definition) is 1. The van der Waals surface area contributed by atoms with Crippen molar-refractivity contribution in [1.82, 2.24) is 0 Å². The van der Waals surface area contributed by atoms with Gasteiger partial charge in [-0.05, 0) is 41.3 Å². The van der Waals surface area contributed by atoms with Crippen LogP contribution in [0.15, 0.2) is 48.5 Å². The largest absolute Gasteiger partial charge is 0.492 e. The van der Waals surface area contributed by atoms with Crippen LogP contribution in [0.1, 0.15) is 26.3 Å². The molecule has 0 fully saturated rings. The Morgan fingerprint density at radius 3 is 2.52 bits per heavy atom. The average Bonchev–Trinajstić information content (AvgIpc) is 2.43. The van der Waals surface area contributed by atoms with E-state index in [1.165, 1.54) is 5.56 Å². The molecule has 0 heterocycles. The molecule has 112 valence electrons. The molecular formula is C18H22ClNO. The second kappa shape index (κ2) is 6.86. The quantitative estimate of drug-likeness (QED) is 0.773. The van der Waals surface area contributed by atoms with E-state index in [0.29, 0.717) is 6.61 Å². The number of nitrogens with one attached hydrogen (secondary N) is 1. The van der Waals surface area contributed by atoms with Gasteiger partial charge < -0.3 is 10.1 Å². The van der Waals surface area contributed by atoms with E-state index in [-0.39, 0.29) is 5.41 Å². The lowest BCUT2D eigenvalue weighted by Crippen LogP contribution is -2.13. The molecule has 1 N–H and O–H groups in total. The number of anilines is 1. The van der Waals surface area contributed by atoms with E-state index < -0.39 is 0 Å². The normalized spacial score (nSPS) is 11.2. The Morgan fingerprint density at radius 2 is 1.81 bits per heavy atom. The summed E-state index contributed by atoms with van der Waals surface area (Å²) in [5.41, 5.74) is 2.43. The molecule has 2 rings (SSSR count). The number of hydrogen-bond acceptors (Lipinski definition) is 2. The molecular weight excluding hydrogens is 282 g/mol. The number of ether oxygens (including phenoxy) is 1. The third-order valence-corrected chi connectivity index (χ3v) is 3.46. The van der Waals surface area contributed by atoms with Crippen LogP contribution in [0.5, 0.6) is 5.75 Å². The van der Waals surface area contributed by atoms with Crippen LogP contribution in [0.25, 0.3) is 0 Å². The van der Waals surface area contributed by atoms with Crippen LogP contribution < -0.4 is 10.1 Å². The highest BCUT2D eigenvalue weighted by molar-refractivity contribution is 6.30. The zero-order chi connectivity index (χ0) is 15.3. The lowest BCUT2D eigenvalue weighted by molar-refractivity contribution is 0.332. The zero-order valence-corrected chi connectivity index (χ0v) is 13.6. The van der Waals surface area contributed by atoms with Crippen molar-refractivity contribution < 1.29 is 4.74 Å². The van der Waals surface area contributed by atoms with Crippen LogP contribution in [-0.4, -0.2) is 13.2 Å². The highest BCUT2D eigenvalue weighted by Crippen LogP contribution is 2.25. The van der Waals surface area contributed by atoms with Gasteiger partial charge in [-0.2, -0.15) is 0 Å². The lowest BCUT2D eigenvalue weighted by atomic mass is 9.87. The summed E-state index contributed by atoms with van der Waals surface area (Å²) in [6.07, 6.45) is 0. The molecule has 3 heteroatoms. The maximum atomic E-state index is 5.94. The van der Waals surface area contributed by atoms with Crippen molar-refractivity contribution >= 4 is 17.3 Å². The fraction of sp³-hybridized carbons (Fsp3) is 0.333. The Kier molecular flexibility index (Phi) is 5.13. The summed E-state index contributed by atoms with van der Waals surface area (Å²) in [7, 11) is 0. The standard InChI is InChI=1S/C18H22ClNO/c1-18(2,3)14-6-4-9-17(12-14)21-11-10-20-16-8-5-7-15(19)13-16/h4-9,12-13,20H,10-11H2,1-3H3. The van der Waals surface area contributed by atoms with Gasteiger partial charge in [0, 0.05) is 17.3 Å². The molecule has 0 saturated heterocycles. The highest BCUT2D eigenvalue weighted by Gasteiger charge is 2.13. The molecule has 2 nitrogen and oxygen atoms in total. The number of halogens is 1. The first kappa shape index (κ1) is 15.7. The fourth-order valence-corrected chi connectivity index (χ4v) is 2.21. The molecule has 0 saturated carbocycles. The minimum atomic E-state index is 0.137. The minimum Gasteiger partial charge on any atom is -0.492 e. The SMILES string of the molecule is CC(C)(C)c1cccc(OCCNc2cccc(Cl)c2)c1. The summed E-state index contributed by atoms with van der Waals surface area (Å²) >= 11 is 5.94. The van der Waals surface area contributed by atoms with Crippen LogP contribution >= 0.6 is 11.6 Å². The molecule has 0 bridgehead atoms. The Balaban J connectivity index is 1.84. The first-order valence-corrected chi connectivity index (χ1v) is 7.56. The molecule has 0 aliphatic rings. The molecule has 0 aromatic heterocycles. The van der Waals surface area contributed by atoms with Gasteiger partial charge in [0.15, 0.2) is 0 Å². The predicted molar refractivity (Wildman–Crippen MR) is 90.6 cm³/mol. The van der Waals surface area contributed by atoms with Crippen LogP contribution in [0.3, 0.4) is 0 Å². The summed E-state index contributed by atoms with van der Waals surface area (Å²) in [6, 6.07) is 16.0. The van der Waals surface area contributed by atoms with E-state index in [0.717, 1.165) is 23.0 Å². The molecule has 0 aliphatic carbocycles. The average molecular weight is 304 g/mol. The van der Waals surface area contributed by atoms with Crippen molar-refractivity contribution in [3.05, 3.63) is 59.1 Å². The molecule has 0 atom stereocenters. The predicted octanol–water partition coefficient (Wildman–Crippen LogP) is 5.13. The van der Waals surface area contributed by atoms with E-state index in [9.17, 15) is 0 Å². The zero-order valence-electron chi connectivity index (χ0n) is 12.8. The van der Waals surface area contributed by atoms with Gasteiger partial charge in [-0.15, -0.1) is 0 Å². The van der Waals surface area contributed by atoms with Crippen LogP contribution in [0.4, 0.5) is 5.69 Å². The Hall–Kier alpha value is -1.67. The smallest absolute Gasteiger partial charge is 0.119 e. The van der Waals surface area contributed by atoms with Gasteiger partial charge in [0.05, 0.1) is 0 Å². The van der Waals surface area contributed by atoms with Gasteiger partial charge in [0.2, 0.25) is 0 Å². The van der Waals surface area contributed by atoms with Crippen LogP contribution in [-0.2, 0) is 5.41 Å². The molecule has 0 amide bonds. The number of benzene rings is 2. The van der Waals surface area contributed by atoms with E-state index in [1.807, 2.05) is 36.4 Å². The van der Waals surface area contributed by atoms with Gasteiger partial charge >= 0.3 is 0 Å². The van der Waals surface area contributed by atoms with Gasteiger partial charge in [-0.3, -0.25) is 0 Å². The van der Waals surface area contributed by atoms with Crippen LogP contribution in [0.2, 0.25) is 5.02 Å². The summed E-state index contributed by atoms with van der Waals surface area (Å²) in [5, 5.41) is 4.03. The topological polar surface area (TPSA) is 21.3 Å². The van der Waals surface area contributed by atoms with Gasteiger partial charge in [-0.1, -0.05) is 50.6 Å². The lowest BCUT2D eigenvalue weighted by Gasteiger charge is -2.19. The Bertz CT molecular complexity index is 590. The van der Waals surface area contributed by atoms with Crippen molar-refractivity contribution in [3.8, 4) is 5.75 Å².